The van der Waals surface area contributed by atoms with Crippen molar-refractivity contribution >= 4 is 11.6 Å². The lowest BCUT2D eigenvalue weighted by molar-refractivity contribution is 0.285. The molecule has 2 N–H and O–H groups in total. The monoisotopic (exact) mass is 253 g/mol. The summed E-state index contributed by atoms with van der Waals surface area (Å²) in [4.78, 5) is 4.12. The molecule has 0 saturated heterocycles. The highest BCUT2D eigenvalue weighted by molar-refractivity contribution is 6.30. The van der Waals surface area contributed by atoms with Gasteiger partial charge in [-0.3, -0.25) is 0 Å². The van der Waals surface area contributed by atoms with Crippen LogP contribution >= 0.6 is 11.6 Å². The molecule has 2 rings (SSSR count). The van der Waals surface area contributed by atoms with Gasteiger partial charge in [-0.1, -0.05) is 16.8 Å². The molecule has 2 aromatic rings. The molecule has 90 valence electrons. The highest BCUT2D eigenvalue weighted by Gasteiger charge is 2.05. The van der Waals surface area contributed by atoms with E-state index in [2.05, 4.69) is 10.1 Å². The smallest absolute Gasteiger partial charge is 0.228 e. The van der Waals surface area contributed by atoms with Gasteiger partial charge in [-0.15, -0.1) is 0 Å². The molecule has 0 radical (unpaired) electrons. The van der Waals surface area contributed by atoms with E-state index in [1.54, 1.807) is 24.3 Å². The van der Waals surface area contributed by atoms with E-state index in [0.29, 0.717) is 35.5 Å². The minimum atomic E-state index is 0.260. The molecule has 0 spiro atoms. The Kier molecular flexibility index (Phi) is 3.95. The summed E-state index contributed by atoms with van der Waals surface area (Å²) >= 11 is 5.76. The summed E-state index contributed by atoms with van der Waals surface area (Å²) in [6, 6.07) is 7.08. The SMILES string of the molecule is NCCc1nc(COc2ccc(Cl)cc2)no1. The van der Waals surface area contributed by atoms with Crippen LogP contribution in [0.3, 0.4) is 0 Å². The van der Waals surface area contributed by atoms with Gasteiger partial charge < -0.3 is 15.0 Å². The van der Waals surface area contributed by atoms with Crippen LogP contribution in [0.2, 0.25) is 5.02 Å². The number of ether oxygens (including phenoxy) is 1. The zero-order chi connectivity index (χ0) is 12.1. The number of halogens is 1. The van der Waals surface area contributed by atoms with E-state index in [1.165, 1.54) is 0 Å². The third kappa shape index (κ3) is 3.44. The van der Waals surface area contributed by atoms with E-state index >= 15 is 0 Å². The van der Waals surface area contributed by atoms with Crippen molar-refractivity contribution in [2.24, 2.45) is 5.73 Å². The van der Waals surface area contributed by atoms with Crippen molar-refractivity contribution in [3.63, 3.8) is 0 Å². The maximum atomic E-state index is 5.76. The second-order valence-electron chi connectivity index (χ2n) is 3.39. The van der Waals surface area contributed by atoms with E-state index < -0.39 is 0 Å². The highest BCUT2D eigenvalue weighted by atomic mass is 35.5. The van der Waals surface area contributed by atoms with Crippen molar-refractivity contribution in [3.8, 4) is 5.75 Å². The average molecular weight is 254 g/mol. The van der Waals surface area contributed by atoms with Gasteiger partial charge in [0, 0.05) is 18.0 Å². The minimum Gasteiger partial charge on any atom is -0.485 e. The molecule has 1 aromatic heterocycles. The Labute approximate surface area is 104 Å². The lowest BCUT2D eigenvalue weighted by Gasteiger charge is -2.02. The number of aromatic nitrogens is 2. The van der Waals surface area contributed by atoms with E-state index in [0.717, 1.165) is 0 Å². The number of nitrogens with two attached hydrogens (primary N) is 1. The maximum Gasteiger partial charge on any atom is 0.228 e. The third-order valence-electron chi connectivity index (χ3n) is 2.05. The summed E-state index contributed by atoms with van der Waals surface area (Å²) in [5.74, 6) is 1.74. The van der Waals surface area contributed by atoms with E-state index in [-0.39, 0.29) is 6.61 Å². The van der Waals surface area contributed by atoms with Gasteiger partial charge in [-0.05, 0) is 24.3 Å². The first-order valence-corrected chi connectivity index (χ1v) is 5.55. The van der Waals surface area contributed by atoms with Crippen molar-refractivity contribution < 1.29 is 9.26 Å². The van der Waals surface area contributed by atoms with Gasteiger partial charge in [0.1, 0.15) is 5.75 Å². The molecule has 0 amide bonds. The van der Waals surface area contributed by atoms with Crippen molar-refractivity contribution in [1.29, 1.82) is 0 Å². The molecule has 0 bridgehead atoms. The Morgan fingerprint density at radius 3 is 2.76 bits per heavy atom. The third-order valence-corrected chi connectivity index (χ3v) is 2.30. The molecule has 0 aliphatic carbocycles. The van der Waals surface area contributed by atoms with Crippen LogP contribution in [0.15, 0.2) is 28.8 Å². The fourth-order valence-electron chi connectivity index (χ4n) is 1.25. The van der Waals surface area contributed by atoms with Crippen LogP contribution in [0, 0.1) is 0 Å². The number of rotatable bonds is 5. The topological polar surface area (TPSA) is 74.2 Å². The molecule has 0 saturated carbocycles. The molecule has 6 heteroatoms. The highest BCUT2D eigenvalue weighted by Crippen LogP contribution is 2.16. The fourth-order valence-corrected chi connectivity index (χ4v) is 1.38. The second kappa shape index (κ2) is 5.65. The van der Waals surface area contributed by atoms with Gasteiger partial charge >= 0.3 is 0 Å². The van der Waals surface area contributed by atoms with Crippen molar-refractivity contribution in [2.45, 2.75) is 13.0 Å². The van der Waals surface area contributed by atoms with Gasteiger partial charge in [0.25, 0.3) is 0 Å². The van der Waals surface area contributed by atoms with Gasteiger partial charge in [0.2, 0.25) is 11.7 Å². The first kappa shape index (κ1) is 11.9. The number of hydrogen-bond donors (Lipinski definition) is 1. The number of nitrogens with zero attached hydrogens (tertiary/aromatic N) is 2. The summed E-state index contributed by atoms with van der Waals surface area (Å²) in [6.45, 7) is 0.745. The lowest BCUT2D eigenvalue weighted by atomic mass is 10.3. The zero-order valence-electron chi connectivity index (χ0n) is 9.10. The van der Waals surface area contributed by atoms with Crippen molar-refractivity contribution in [2.75, 3.05) is 6.54 Å². The molecule has 17 heavy (non-hydrogen) atoms. The summed E-state index contributed by atoms with van der Waals surface area (Å²) in [5, 5.41) is 4.44. The van der Waals surface area contributed by atoms with Crippen molar-refractivity contribution in [1.82, 2.24) is 10.1 Å². The molecule has 0 atom stereocenters. The van der Waals surface area contributed by atoms with Crippen LogP contribution in [-0.4, -0.2) is 16.7 Å². The minimum absolute atomic E-state index is 0.260. The normalized spacial score (nSPS) is 10.5. The number of benzene rings is 1. The van der Waals surface area contributed by atoms with E-state index in [4.69, 9.17) is 26.6 Å². The summed E-state index contributed by atoms with van der Waals surface area (Å²) in [6.07, 6.45) is 0.577. The fraction of sp³-hybridized carbons (Fsp3) is 0.273. The molecule has 0 aliphatic heterocycles. The molecule has 1 aromatic carbocycles. The Balaban J connectivity index is 1.90. The van der Waals surface area contributed by atoms with E-state index in [1.807, 2.05) is 0 Å². The Morgan fingerprint density at radius 1 is 1.29 bits per heavy atom. The molecular weight excluding hydrogens is 242 g/mol. The van der Waals surface area contributed by atoms with Crippen molar-refractivity contribution in [3.05, 3.63) is 41.0 Å². The standard InChI is InChI=1S/C11H12ClN3O2/c12-8-1-3-9(4-2-8)16-7-10-14-11(5-6-13)17-15-10/h1-4H,5-7,13H2. The quantitative estimate of drug-likeness (QED) is 0.880. The lowest BCUT2D eigenvalue weighted by Crippen LogP contribution is -2.03. The first-order valence-electron chi connectivity index (χ1n) is 5.18. The van der Waals surface area contributed by atoms with Crippen LogP contribution in [0.1, 0.15) is 11.7 Å². The molecule has 5 nitrogen and oxygen atoms in total. The zero-order valence-corrected chi connectivity index (χ0v) is 9.85. The van der Waals surface area contributed by atoms with Gasteiger partial charge in [-0.25, -0.2) is 0 Å². The summed E-state index contributed by atoms with van der Waals surface area (Å²) in [7, 11) is 0. The van der Waals surface area contributed by atoms with Gasteiger partial charge in [-0.2, -0.15) is 4.98 Å². The predicted octanol–water partition coefficient (Wildman–Crippen LogP) is 1.80. The van der Waals surface area contributed by atoms with Crippen LogP contribution in [0.5, 0.6) is 5.75 Å². The van der Waals surface area contributed by atoms with Crippen LogP contribution in [0.4, 0.5) is 0 Å². The second-order valence-corrected chi connectivity index (χ2v) is 3.82. The molecule has 0 fully saturated rings. The molecule has 0 unspecified atom stereocenters. The Bertz CT molecular complexity index is 470. The first-order chi connectivity index (χ1) is 8.28. The molecule has 0 aliphatic rings. The Morgan fingerprint density at radius 2 is 2.06 bits per heavy atom. The number of hydrogen-bond acceptors (Lipinski definition) is 5. The Hall–Kier alpha value is -1.59. The predicted molar refractivity (Wildman–Crippen MR) is 62.8 cm³/mol. The molecule has 1 heterocycles. The average Bonchev–Trinajstić information content (AvgIpc) is 2.77. The van der Waals surface area contributed by atoms with Crippen LogP contribution in [-0.2, 0) is 13.0 Å². The molecular formula is C11H12ClN3O2. The maximum absolute atomic E-state index is 5.76. The van der Waals surface area contributed by atoms with Crippen LogP contribution in [0.25, 0.3) is 0 Å². The summed E-state index contributed by atoms with van der Waals surface area (Å²) < 4.78 is 10.4. The van der Waals surface area contributed by atoms with Gasteiger partial charge in [0.05, 0.1) is 0 Å². The van der Waals surface area contributed by atoms with Gasteiger partial charge in [0.15, 0.2) is 6.61 Å². The largest absolute Gasteiger partial charge is 0.485 e. The van der Waals surface area contributed by atoms with Crippen LogP contribution < -0.4 is 10.5 Å². The van der Waals surface area contributed by atoms with E-state index in [9.17, 15) is 0 Å². The summed E-state index contributed by atoms with van der Waals surface area (Å²) in [5.41, 5.74) is 5.38.